The van der Waals surface area contributed by atoms with Gasteiger partial charge in [-0.3, -0.25) is 10.4 Å². The van der Waals surface area contributed by atoms with E-state index in [1.165, 1.54) is 18.3 Å². The molecule has 1 aliphatic carbocycles. The van der Waals surface area contributed by atoms with E-state index >= 15 is 0 Å². The highest BCUT2D eigenvalue weighted by atomic mass is 19.1. The highest BCUT2D eigenvalue weighted by Crippen LogP contribution is 2.33. The lowest BCUT2D eigenvalue weighted by atomic mass is 9.91. The Kier molecular flexibility index (Phi) is 6.39. The van der Waals surface area contributed by atoms with Gasteiger partial charge in [0.05, 0.1) is 17.1 Å². The van der Waals surface area contributed by atoms with Crippen molar-refractivity contribution in [3.63, 3.8) is 0 Å². The lowest BCUT2D eigenvalue weighted by Crippen LogP contribution is -2.24. The molecule has 2 aromatic rings. The van der Waals surface area contributed by atoms with E-state index in [9.17, 15) is 4.39 Å². The van der Waals surface area contributed by atoms with Gasteiger partial charge in [-0.15, -0.1) is 0 Å². The number of hydrogen-bond donors (Lipinski definition) is 4. The van der Waals surface area contributed by atoms with E-state index in [4.69, 9.17) is 26.6 Å². The maximum Gasteiger partial charge on any atom is 0.166 e. The quantitative estimate of drug-likeness (QED) is 0.533. The second-order valence-electron chi connectivity index (χ2n) is 8.26. The summed E-state index contributed by atoms with van der Waals surface area (Å²) in [6.45, 7) is 2.47. The van der Waals surface area contributed by atoms with Gasteiger partial charge in [0.25, 0.3) is 0 Å². The molecule has 1 fully saturated rings. The highest BCUT2D eigenvalue weighted by Gasteiger charge is 2.26. The number of nitrogens with one attached hydrogen (secondary N) is 2. The van der Waals surface area contributed by atoms with Crippen molar-refractivity contribution in [3.8, 4) is 5.75 Å². The SMILES string of the molecule is CN/N=C1/CC(=CN)C(=NCC2CC2)c2cnc(N)c(c2)O[C@H](C)c2cc(F)ccc2C1=N. The number of ether oxygens (including phenoxy) is 1. The zero-order valence-corrected chi connectivity index (χ0v) is 18.7. The Labute approximate surface area is 192 Å². The molecular weight excluding hydrogens is 421 g/mol. The fraction of sp³-hybridized carbons (Fsp3) is 0.333. The number of aliphatic imine (C=N–C) groups is 1. The van der Waals surface area contributed by atoms with Crippen LogP contribution >= 0.6 is 0 Å². The number of anilines is 1. The summed E-state index contributed by atoms with van der Waals surface area (Å²) in [5, 5.41) is 13.2. The Morgan fingerprint density at radius 2 is 2.12 bits per heavy atom. The Hall–Kier alpha value is -3.75. The molecule has 1 saturated carbocycles. The van der Waals surface area contributed by atoms with E-state index in [1.807, 2.05) is 0 Å². The van der Waals surface area contributed by atoms with Crippen LogP contribution in [0.2, 0.25) is 0 Å². The molecule has 2 aliphatic rings. The molecule has 9 heteroatoms. The van der Waals surface area contributed by atoms with Crippen LogP contribution in [0, 0.1) is 17.1 Å². The number of hydrogen-bond acceptors (Lipinski definition) is 8. The number of hydrazone groups is 1. The van der Waals surface area contributed by atoms with E-state index in [-0.39, 0.29) is 18.0 Å². The number of nitrogens with two attached hydrogens (primary N) is 2. The summed E-state index contributed by atoms with van der Waals surface area (Å²) < 4.78 is 20.3. The van der Waals surface area contributed by atoms with Gasteiger partial charge in [-0.1, -0.05) is 0 Å². The first-order valence-electron chi connectivity index (χ1n) is 10.9. The summed E-state index contributed by atoms with van der Waals surface area (Å²) >= 11 is 0. The third-order valence-electron chi connectivity index (χ3n) is 5.78. The van der Waals surface area contributed by atoms with E-state index in [2.05, 4.69) is 15.5 Å². The van der Waals surface area contributed by atoms with Crippen LogP contribution in [-0.2, 0) is 0 Å². The van der Waals surface area contributed by atoms with Gasteiger partial charge in [-0.2, -0.15) is 5.10 Å². The van der Waals surface area contributed by atoms with Crippen LogP contribution in [0.1, 0.15) is 49.0 Å². The molecule has 0 saturated heterocycles. The van der Waals surface area contributed by atoms with Gasteiger partial charge in [-0.25, -0.2) is 9.37 Å². The lowest BCUT2D eigenvalue weighted by molar-refractivity contribution is 0.227. The van der Waals surface area contributed by atoms with E-state index in [0.29, 0.717) is 51.9 Å². The molecule has 172 valence electrons. The van der Waals surface area contributed by atoms with Crippen molar-refractivity contribution in [2.75, 3.05) is 19.3 Å². The molecule has 0 unspecified atom stereocenters. The number of halogens is 1. The number of pyridine rings is 1. The summed E-state index contributed by atoms with van der Waals surface area (Å²) in [5.41, 5.74) is 18.6. The molecule has 4 rings (SSSR count). The smallest absolute Gasteiger partial charge is 0.166 e. The molecule has 1 aromatic heterocycles. The maximum absolute atomic E-state index is 14.2. The van der Waals surface area contributed by atoms with Gasteiger partial charge in [0.2, 0.25) is 0 Å². The Bertz CT molecular complexity index is 1170. The Morgan fingerprint density at radius 3 is 2.82 bits per heavy atom. The van der Waals surface area contributed by atoms with Crippen molar-refractivity contribution in [1.82, 2.24) is 10.4 Å². The van der Waals surface area contributed by atoms with Gasteiger partial charge in [0.15, 0.2) is 11.6 Å². The predicted octanol–water partition coefficient (Wildman–Crippen LogP) is 3.33. The molecule has 2 bridgehead atoms. The van der Waals surface area contributed by atoms with Crippen LogP contribution in [0.5, 0.6) is 5.75 Å². The standard InChI is InChI=1S/C24H28FN7O/c1-13-19-9-17(25)5-6-18(19)22(27)20(32-29-2)7-15(10-26)23(30-11-14-3-4-14)16-8-21(33-13)24(28)31-12-16/h5-6,8-10,12-14,27,29H,3-4,7,11,26H2,1-2H3,(H2,28,31)/b15-10?,27-22?,30-23?,32-20-/t13-/m1/s1. The molecule has 2 heterocycles. The molecule has 8 nitrogen and oxygen atoms in total. The second-order valence-corrected chi connectivity index (χ2v) is 8.26. The molecule has 0 radical (unpaired) electrons. The number of rotatable bonds is 3. The van der Waals surface area contributed by atoms with Gasteiger partial charge in [0, 0.05) is 42.9 Å². The van der Waals surface area contributed by atoms with Gasteiger partial charge in [0.1, 0.15) is 11.9 Å². The summed E-state index contributed by atoms with van der Waals surface area (Å²) in [6.07, 6.45) is 5.11. The molecular formula is C24H28FN7O. The van der Waals surface area contributed by atoms with Crippen molar-refractivity contribution in [2.45, 2.75) is 32.3 Å². The van der Waals surface area contributed by atoms with Crippen molar-refractivity contribution >= 4 is 23.0 Å². The van der Waals surface area contributed by atoms with Crippen LogP contribution in [0.3, 0.4) is 0 Å². The number of allylic oxidation sites excluding steroid dienone is 1. The number of fused-ring (bicyclic) bond motifs is 3. The second kappa shape index (κ2) is 9.40. The highest BCUT2D eigenvalue weighted by molar-refractivity contribution is 6.48. The normalized spacial score (nSPS) is 22.5. The minimum atomic E-state index is -0.595. The summed E-state index contributed by atoms with van der Waals surface area (Å²) in [6, 6.07) is 6.04. The molecule has 6 N–H and O–H groups in total. The van der Waals surface area contributed by atoms with Crippen LogP contribution in [-0.4, -0.2) is 35.7 Å². The van der Waals surface area contributed by atoms with Crippen molar-refractivity contribution in [1.29, 1.82) is 5.41 Å². The monoisotopic (exact) mass is 449 g/mol. The first-order valence-corrected chi connectivity index (χ1v) is 10.9. The van der Waals surface area contributed by atoms with Crippen molar-refractivity contribution in [2.24, 2.45) is 21.7 Å². The predicted molar refractivity (Wildman–Crippen MR) is 128 cm³/mol. The minimum absolute atomic E-state index is 0.144. The van der Waals surface area contributed by atoms with E-state index < -0.39 is 11.9 Å². The fourth-order valence-electron chi connectivity index (χ4n) is 3.81. The maximum atomic E-state index is 14.2. The molecule has 33 heavy (non-hydrogen) atoms. The molecule has 1 aliphatic heterocycles. The van der Waals surface area contributed by atoms with Gasteiger partial charge >= 0.3 is 0 Å². The summed E-state index contributed by atoms with van der Waals surface area (Å²) in [7, 11) is 1.66. The molecule has 0 spiro atoms. The average molecular weight is 450 g/mol. The van der Waals surface area contributed by atoms with Crippen molar-refractivity contribution < 1.29 is 9.13 Å². The Morgan fingerprint density at radius 1 is 1.33 bits per heavy atom. The number of benzene rings is 1. The largest absolute Gasteiger partial charge is 0.482 e. The first-order chi connectivity index (χ1) is 15.9. The fourth-order valence-corrected chi connectivity index (χ4v) is 3.81. The number of aromatic nitrogens is 1. The van der Waals surface area contributed by atoms with Crippen LogP contribution in [0.4, 0.5) is 10.2 Å². The Balaban J connectivity index is 1.91. The number of nitrogens with zero attached hydrogens (tertiary/aromatic N) is 3. The lowest BCUT2D eigenvalue weighted by Gasteiger charge is -2.22. The summed E-state index contributed by atoms with van der Waals surface area (Å²) in [4.78, 5) is 9.17. The molecule has 0 amide bonds. The molecule has 1 aromatic carbocycles. The third-order valence-corrected chi connectivity index (χ3v) is 5.78. The topological polar surface area (TPSA) is 135 Å². The summed E-state index contributed by atoms with van der Waals surface area (Å²) in [5.74, 6) is 0.726. The third kappa shape index (κ3) is 4.87. The van der Waals surface area contributed by atoms with E-state index in [0.717, 1.165) is 12.8 Å². The van der Waals surface area contributed by atoms with Crippen LogP contribution in [0.25, 0.3) is 0 Å². The minimum Gasteiger partial charge on any atom is -0.482 e. The van der Waals surface area contributed by atoms with Crippen LogP contribution in [0.15, 0.2) is 52.3 Å². The molecule has 1 atom stereocenters. The first kappa shape index (κ1) is 22.4. The zero-order chi connectivity index (χ0) is 23.5. The van der Waals surface area contributed by atoms with Gasteiger partial charge < -0.3 is 21.6 Å². The van der Waals surface area contributed by atoms with E-state index in [1.54, 1.807) is 32.3 Å². The average Bonchev–Trinajstić information content (AvgIpc) is 3.63. The zero-order valence-electron chi connectivity index (χ0n) is 18.7. The van der Waals surface area contributed by atoms with Crippen molar-refractivity contribution in [3.05, 3.63) is 64.7 Å². The van der Waals surface area contributed by atoms with Gasteiger partial charge in [-0.05, 0) is 61.7 Å². The van der Waals surface area contributed by atoms with Crippen LogP contribution < -0.4 is 21.6 Å². The number of nitrogen functional groups attached to an aromatic ring is 1.